The fraction of sp³-hybridized carbons (Fsp3) is 0.667. The summed E-state index contributed by atoms with van der Waals surface area (Å²) >= 11 is 0. The van der Waals surface area contributed by atoms with E-state index in [1.807, 2.05) is 0 Å². The van der Waals surface area contributed by atoms with Gasteiger partial charge in [-0.25, -0.2) is 0 Å². The highest BCUT2D eigenvalue weighted by Crippen LogP contribution is 2.02. The number of nitrogens with one attached hydrogen (secondary N) is 2. The van der Waals surface area contributed by atoms with E-state index >= 15 is 0 Å². The van der Waals surface area contributed by atoms with E-state index in [1.54, 1.807) is 0 Å². The number of hydrogen-bond acceptors (Lipinski definition) is 10. The first-order chi connectivity index (χ1) is 10.4. The van der Waals surface area contributed by atoms with Crippen LogP contribution in [0.5, 0.6) is 0 Å². The van der Waals surface area contributed by atoms with Crippen molar-refractivity contribution in [2.75, 3.05) is 41.5 Å². The number of carbonyl (C=O) groups is 4. The number of carbonyl (C=O) groups excluding carboxylic acids is 4. The van der Waals surface area contributed by atoms with Crippen molar-refractivity contribution in [3.05, 3.63) is 0 Å². The fourth-order valence-electron chi connectivity index (χ4n) is 1.44. The minimum atomic E-state index is -1.18. The SMILES string of the molecule is COC(=O)C(CNNCC(C(=O)OC)C(=O)OC)C(=O)OC. The van der Waals surface area contributed by atoms with Crippen LogP contribution in [0.25, 0.3) is 0 Å². The highest BCUT2D eigenvalue weighted by atomic mass is 16.5. The summed E-state index contributed by atoms with van der Waals surface area (Å²) in [7, 11) is 4.54. The van der Waals surface area contributed by atoms with Crippen molar-refractivity contribution in [3.63, 3.8) is 0 Å². The van der Waals surface area contributed by atoms with Gasteiger partial charge in [-0.3, -0.25) is 30.0 Å². The van der Waals surface area contributed by atoms with E-state index in [1.165, 1.54) is 0 Å². The van der Waals surface area contributed by atoms with Gasteiger partial charge in [-0.15, -0.1) is 0 Å². The van der Waals surface area contributed by atoms with E-state index in [2.05, 4.69) is 29.8 Å². The molecular formula is C12H20N2O8. The molecule has 0 fully saturated rings. The van der Waals surface area contributed by atoms with Gasteiger partial charge < -0.3 is 18.9 Å². The first-order valence-corrected chi connectivity index (χ1v) is 6.19. The molecule has 0 radical (unpaired) electrons. The largest absolute Gasteiger partial charge is 0.468 e. The van der Waals surface area contributed by atoms with E-state index in [0.29, 0.717) is 0 Å². The van der Waals surface area contributed by atoms with Crippen LogP contribution in [-0.4, -0.2) is 65.4 Å². The third-order valence-corrected chi connectivity index (χ3v) is 2.68. The number of esters is 4. The Bertz CT molecular complexity index is 342. The number of hydrazine groups is 1. The molecular weight excluding hydrogens is 300 g/mol. The van der Waals surface area contributed by atoms with Crippen molar-refractivity contribution in [1.29, 1.82) is 0 Å². The Balaban J connectivity index is 4.47. The van der Waals surface area contributed by atoms with E-state index in [4.69, 9.17) is 0 Å². The molecule has 2 N–H and O–H groups in total. The number of rotatable bonds is 9. The number of ether oxygens (including phenoxy) is 4. The van der Waals surface area contributed by atoms with Crippen LogP contribution in [0.2, 0.25) is 0 Å². The van der Waals surface area contributed by atoms with Gasteiger partial charge in [0, 0.05) is 13.1 Å². The lowest BCUT2D eigenvalue weighted by molar-refractivity contribution is -0.161. The van der Waals surface area contributed by atoms with Crippen molar-refractivity contribution in [2.45, 2.75) is 0 Å². The molecule has 0 atom stereocenters. The second-order valence-electron chi connectivity index (χ2n) is 3.96. The predicted molar refractivity (Wildman–Crippen MR) is 71.0 cm³/mol. The van der Waals surface area contributed by atoms with Crippen molar-refractivity contribution in [2.24, 2.45) is 11.8 Å². The quantitative estimate of drug-likeness (QED) is 0.162. The first-order valence-electron chi connectivity index (χ1n) is 6.19. The van der Waals surface area contributed by atoms with Gasteiger partial charge in [0.1, 0.15) is 0 Å². The van der Waals surface area contributed by atoms with Crippen LogP contribution in [0, 0.1) is 11.8 Å². The molecule has 0 heterocycles. The van der Waals surface area contributed by atoms with Gasteiger partial charge in [0.05, 0.1) is 28.4 Å². The van der Waals surface area contributed by atoms with Crippen LogP contribution in [0.3, 0.4) is 0 Å². The molecule has 0 saturated carbocycles. The molecule has 0 spiro atoms. The van der Waals surface area contributed by atoms with Crippen LogP contribution >= 0.6 is 0 Å². The standard InChI is InChI=1S/C12H20N2O8/c1-19-9(15)7(10(16)20-2)5-13-14-6-8(11(17)21-3)12(18)22-4/h7-8,13-14H,5-6H2,1-4H3. The van der Waals surface area contributed by atoms with Crippen molar-refractivity contribution in [3.8, 4) is 0 Å². The monoisotopic (exact) mass is 320 g/mol. The molecule has 0 rings (SSSR count). The van der Waals surface area contributed by atoms with Crippen LogP contribution in [-0.2, 0) is 38.1 Å². The molecule has 0 aromatic rings. The summed E-state index contributed by atoms with van der Waals surface area (Å²) in [5.41, 5.74) is 5.07. The second-order valence-corrected chi connectivity index (χ2v) is 3.96. The Kier molecular flexibility index (Phi) is 9.46. The van der Waals surface area contributed by atoms with Gasteiger partial charge in [-0.2, -0.15) is 0 Å². The Morgan fingerprint density at radius 3 is 1.05 bits per heavy atom. The maximum atomic E-state index is 11.4. The lowest BCUT2D eigenvalue weighted by atomic mass is 10.1. The van der Waals surface area contributed by atoms with Gasteiger partial charge in [-0.1, -0.05) is 0 Å². The number of hydrogen-bond donors (Lipinski definition) is 2. The highest BCUT2D eigenvalue weighted by Gasteiger charge is 2.30. The van der Waals surface area contributed by atoms with Crippen molar-refractivity contribution >= 4 is 23.9 Å². The maximum Gasteiger partial charge on any atom is 0.321 e. The Morgan fingerprint density at radius 1 is 0.636 bits per heavy atom. The molecule has 126 valence electrons. The van der Waals surface area contributed by atoms with Crippen LogP contribution < -0.4 is 10.9 Å². The van der Waals surface area contributed by atoms with E-state index < -0.39 is 35.7 Å². The minimum Gasteiger partial charge on any atom is -0.468 e. The Labute approximate surface area is 127 Å². The van der Waals surface area contributed by atoms with Gasteiger partial charge in [-0.05, 0) is 0 Å². The van der Waals surface area contributed by atoms with Crippen molar-refractivity contribution in [1.82, 2.24) is 10.9 Å². The minimum absolute atomic E-state index is 0.158. The summed E-state index contributed by atoms with van der Waals surface area (Å²) < 4.78 is 17.9. The Morgan fingerprint density at radius 2 is 0.864 bits per heavy atom. The summed E-state index contributed by atoms with van der Waals surface area (Å²) in [6, 6.07) is 0. The summed E-state index contributed by atoms with van der Waals surface area (Å²) in [5, 5.41) is 0. The van der Waals surface area contributed by atoms with Gasteiger partial charge in [0.2, 0.25) is 0 Å². The lowest BCUT2D eigenvalue weighted by Gasteiger charge is -2.16. The lowest BCUT2D eigenvalue weighted by Crippen LogP contribution is -2.46. The average molecular weight is 320 g/mol. The van der Waals surface area contributed by atoms with E-state index in [0.717, 1.165) is 28.4 Å². The van der Waals surface area contributed by atoms with Gasteiger partial charge >= 0.3 is 23.9 Å². The first kappa shape index (κ1) is 19.8. The Hall–Kier alpha value is -2.20. The van der Waals surface area contributed by atoms with Crippen LogP contribution in [0.15, 0.2) is 0 Å². The number of methoxy groups -OCH3 is 4. The average Bonchev–Trinajstić information content (AvgIpc) is 2.55. The molecule has 0 amide bonds. The second kappa shape index (κ2) is 10.5. The van der Waals surface area contributed by atoms with Crippen LogP contribution in [0.4, 0.5) is 0 Å². The molecule has 22 heavy (non-hydrogen) atoms. The molecule has 10 nitrogen and oxygen atoms in total. The molecule has 0 unspecified atom stereocenters. The third kappa shape index (κ3) is 6.06. The highest BCUT2D eigenvalue weighted by molar-refractivity contribution is 5.95. The van der Waals surface area contributed by atoms with Crippen molar-refractivity contribution < 1.29 is 38.1 Å². The van der Waals surface area contributed by atoms with Crippen LogP contribution in [0.1, 0.15) is 0 Å². The zero-order chi connectivity index (χ0) is 17.1. The molecule has 0 aromatic heterocycles. The predicted octanol–water partition coefficient (Wildman–Crippen LogP) is -1.99. The molecule has 0 bridgehead atoms. The normalized spacial score (nSPS) is 10.3. The third-order valence-electron chi connectivity index (χ3n) is 2.68. The molecule has 10 heteroatoms. The summed E-state index contributed by atoms with van der Waals surface area (Å²) in [5.74, 6) is -5.48. The van der Waals surface area contributed by atoms with E-state index in [-0.39, 0.29) is 13.1 Å². The molecule has 0 aliphatic carbocycles. The summed E-state index contributed by atoms with van der Waals surface area (Å²) in [6.07, 6.45) is 0. The topological polar surface area (TPSA) is 129 Å². The molecule has 0 aromatic carbocycles. The summed E-state index contributed by atoms with van der Waals surface area (Å²) in [6.45, 7) is -0.317. The van der Waals surface area contributed by atoms with Gasteiger partial charge in [0.25, 0.3) is 0 Å². The molecule has 0 saturated heterocycles. The zero-order valence-electron chi connectivity index (χ0n) is 12.8. The van der Waals surface area contributed by atoms with Gasteiger partial charge in [0.15, 0.2) is 11.8 Å². The maximum absolute atomic E-state index is 11.4. The molecule has 0 aliphatic heterocycles. The zero-order valence-corrected chi connectivity index (χ0v) is 12.8. The van der Waals surface area contributed by atoms with E-state index in [9.17, 15) is 19.2 Å². The fourth-order valence-corrected chi connectivity index (χ4v) is 1.44. The smallest absolute Gasteiger partial charge is 0.321 e. The summed E-state index contributed by atoms with van der Waals surface area (Å²) in [4.78, 5) is 45.6. The molecule has 0 aliphatic rings.